The first-order valence-corrected chi connectivity index (χ1v) is 9.14. The molecule has 2 N–H and O–H groups in total. The number of para-hydroxylation sites is 2. The van der Waals surface area contributed by atoms with Gasteiger partial charge in [-0.3, -0.25) is 0 Å². The van der Waals surface area contributed by atoms with Gasteiger partial charge in [0.05, 0.1) is 10.8 Å². The van der Waals surface area contributed by atoms with Crippen molar-refractivity contribution >= 4 is 33.7 Å². The molecule has 30 heavy (non-hydrogen) atoms. The number of rotatable bonds is 5. The topological polar surface area (TPSA) is 101 Å². The highest BCUT2D eigenvalue weighted by Crippen LogP contribution is 2.08. The number of hydrogen-bond donors (Lipinski definition) is 2. The molecule has 0 aliphatic heterocycles. The Kier molecular flexibility index (Phi) is 5.34. The zero-order valence-electron chi connectivity index (χ0n) is 15.7. The SMILES string of the molecule is O=C(O[n+]1cccc2ccccc21)C(O)C(O)C(=O)O[n+]1cccc2ccccc21. The van der Waals surface area contributed by atoms with E-state index in [4.69, 9.17) is 9.68 Å². The third-order valence-electron chi connectivity index (χ3n) is 4.50. The summed E-state index contributed by atoms with van der Waals surface area (Å²) in [7, 11) is 0. The third kappa shape index (κ3) is 3.82. The number of carbonyl (C=O) groups is 2. The second-order valence-electron chi connectivity index (χ2n) is 6.50. The Morgan fingerprint density at radius 2 is 1.00 bits per heavy atom. The van der Waals surface area contributed by atoms with Crippen molar-refractivity contribution in [3.8, 4) is 0 Å². The van der Waals surface area contributed by atoms with E-state index in [0.29, 0.717) is 11.0 Å². The van der Waals surface area contributed by atoms with Crippen molar-refractivity contribution in [3.63, 3.8) is 0 Å². The van der Waals surface area contributed by atoms with Crippen LogP contribution in [-0.2, 0) is 9.59 Å². The van der Waals surface area contributed by atoms with Crippen LogP contribution >= 0.6 is 0 Å². The maximum absolute atomic E-state index is 12.3. The number of aromatic nitrogens is 2. The fourth-order valence-corrected chi connectivity index (χ4v) is 2.99. The average Bonchev–Trinajstić information content (AvgIpc) is 2.78. The van der Waals surface area contributed by atoms with Crippen molar-refractivity contribution in [3.05, 3.63) is 85.2 Å². The van der Waals surface area contributed by atoms with Gasteiger partial charge in [0.15, 0.2) is 12.2 Å². The monoisotopic (exact) mass is 406 g/mol. The minimum Gasteiger partial charge on any atom is -0.378 e. The molecule has 0 amide bonds. The first-order valence-electron chi connectivity index (χ1n) is 9.14. The highest BCUT2D eigenvalue weighted by molar-refractivity contribution is 5.85. The summed E-state index contributed by atoms with van der Waals surface area (Å²) in [6, 6.07) is 21.2. The molecule has 0 aliphatic rings. The largest absolute Gasteiger partial charge is 0.411 e. The molecule has 2 heterocycles. The molecule has 150 valence electrons. The fourth-order valence-electron chi connectivity index (χ4n) is 2.99. The first-order chi connectivity index (χ1) is 14.5. The van der Waals surface area contributed by atoms with Gasteiger partial charge in [-0.15, -0.1) is 0 Å². The van der Waals surface area contributed by atoms with Crippen molar-refractivity contribution in [2.24, 2.45) is 0 Å². The molecule has 0 fully saturated rings. The Morgan fingerprint density at radius 1 is 0.633 bits per heavy atom. The Balaban J connectivity index is 1.49. The van der Waals surface area contributed by atoms with Crippen molar-refractivity contribution in [1.29, 1.82) is 0 Å². The Morgan fingerprint density at radius 3 is 1.43 bits per heavy atom. The molecule has 2 aromatic heterocycles. The predicted molar refractivity (Wildman–Crippen MR) is 103 cm³/mol. The van der Waals surface area contributed by atoms with Gasteiger partial charge < -0.3 is 10.2 Å². The average molecular weight is 406 g/mol. The van der Waals surface area contributed by atoms with Crippen molar-refractivity contribution in [1.82, 2.24) is 0 Å². The van der Waals surface area contributed by atoms with Crippen molar-refractivity contribution in [2.75, 3.05) is 0 Å². The normalized spacial score (nSPS) is 13.0. The second kappa shape index (κ2) is 8.24. The standard InChI is InChI=1S/C22H18N2O6/c25-19(21(27)29-23-13-5-9-15-7-1-3-11-17(15)23)20(26)22(28)30-24-14-6-10-16-8-2-4-12-18(16)24/h1-14,19-20,25-26H/q+2. The van der Waals surface area contributed by atoms with E-state index in [9.17, 15) is 19.8 Å². The van der Waals surface area contributed by atoms with Crippen LogP contribution in [-0.4, -0.2) is 34.4 Å². The van der Waals surface area contributed by atoms with Gasteiger partial charge in [-0.2, -0.15) is 9.68 Å². The maximum atomic E-state index is 12.3. The molecule has 2 atom stereocenters. The predicted octanol–water partition coefficient (Wildman–Crippen LogP) is -0.0996. The number of pyridine rings is 2. The van der Waals surface area contributed by atoms with Gasteiger partial charge in [0.1, 0.15) is 0 Å². The molecule has 2 unspecified atom stereocenters. The smallest absolute Gasteiger partial charge is 0.378 e. The molecule has 0 saturated carbocycles. The highest BCUT2D eigenvalue weighted by Gasteiger charge is 2.38. The Labute approximate surface area is 170 Å². The number of carbonyl (C=O) groups excluding carboxylic acids is 2. The van der Waals surface area contributed by atoms with E-state index < -0.39 is 24.1 Å². The van der Waals surface area contributed by atoms with E-state index in [1.807, 2.05) is 36.4 Å². The number of aliphatic hydroxyl groups is 2. The zero-order valence-corrected chi connectivity index (χ0v) is 15.7. The van der Waals surface area contributed by atoms with Crippen LogP contribution in [0.3, 0.4) is 0 Å². The number of nitrogens with zero attached hydrogens (tertiary/aromatic N) is 2. The van der Waals surface area contributed by atoms with E-state index >= 15 is 0 Å². The summed E-state index contributed by atoms with van der Waals surface area (Å²) in [5, 5.41) is 21.9. The fraction of sp³-hybridized carbons (Fsp3) is 0.0909. The lowest BCUT2D eigenvalue weighted by atomic mass is 10.2. The van der Waals surface area contributed by atoms with Crippen LogP contribution < -0.4 is 19.1 Å². The van der Waals surface area contributed by atoms with Gasteiger partial charge in [-0.1, -0.05) is 24.3 Å². The van der Waals surface area contributed by atoms with Gasteiger partial charge >= 0.3 is 11.9 Å². The molecule has 8 heteroatoms. The molecular formula is C22H18N2O6+2. The summed E-state index contributed by atoms with van der Waals surface area (Å²) >= 11 is 0. The van der Waals surface area contributed by atoms with E-state index in [1.165, 1.54) is 12.4 Å². The molecule has 8 nitrogen and oxygen atoms in total. The lowest BCUT2D eigenvalue weighted by Gasteiger charge is -2.11. The number of aliphatic hydroxyl groups excluding tert-OH is 2. The van der Waals surface area contributed by atoms with E-state index in [1.54, 1.807) is 36.4 Å². The molecule has 0 spiro atoms. The lowest BCUT2D eigenvalue weighted by molar-refractivity contribution is -0.850. The second-order valence-corrected chi connectivity index (χ2v) is 6.50. The molecule has 2 aromatic carbocycles. The van der Waals surface area contributed by atoms with Crippen molar-refractivity contribution in [2.45, 2.75) is 12.2 Å². The summed E-state index contributed by atoms with van der Waals surface area (Å²) in [6.45, 7) is 0. The number of benzene rings is 2. The summed E-state index contributed by atoms with van der Waals surface area (Å²) < 4.78 is 2.30. The van der Waals surface area contributed by atoms with Crippen LogP contribution in [0.25, 0.3) is 21.8 Å². The number of hydrogen-bond acceptors (Lipinski definition) is 6. The summed E-state index contributed by atoms with van der Waals surface area (Å²) in [5.74, 6) is -2.41. The molecule has 4 aromatic rings. The molecule has 0 saturated heterocycles. The minimum absolute atomic E-state index is 0.573. The van der Waals surface area contributed by atoms with Gasteiger partial charge in [-0.05, 0) is 24.3 Å². The van der Waals surface area contributed by atoms with E-state index in [0.717, 1.165) is 20.2 Å². The Hall–Kier alpha value is -3.88. The quantitative estimate of drug-likeness (QED) is 0.449. The van der Waals surface area contributed by atoms with E-state index in [2.05, 4.69) is 0 Å². The molecule has 4 rings (SSSR count). The first kappa shape index (κ1) is 19.4. The summed E-state index contributed by atoms with van der Waals surface area (Å²) in [6.07, 6.45) is -1.33. The van der Waals surface area contributed by atoms with Crippen LogP contribution in [0, 0.1) is 0 Å². The molecule has 0 bridgehead atoms. The molecule has 0 aliphatic carbocycles. The Bertz CT molecular complexity index is 1130. The maximum Gasteiger partial charge on any atom is 0.411 e. The number of fused-ring (bicyclic) bond motifs is 2. The summed E-state index contributed by atoms with van der Waals surface area (Å²) in [5.41, 5.74) is 1.15. The zero-order chi connectivity index (χ0) is 21.1. The lowest BCUT2D eigenvalue weighted by Crippen LogP contribution is -2.56. The minimum atomic E-state index is -2.14. The highest BCUT2D eigenvalue weighted by atomic mass is 16.7. The third-order valence-corrected chi connectivity index (χ3v) is 4.50. The van der Waals surface area contributed by atoms with Crippen molar-refractivity contribution < 1.29 is 38.9 Å². The van der Waals surface area contributed by atoms with Crippen LogP contribution in [0.1, 0.15) is 0 Å². The van der Waals surface area contributed by atoms with Crippen LogP contribution in [0.15, 0.2) is 85.2 Å². The molecular weight excluding hydrogens is 388 g/mol. The van der Waals surface area contributed by atoms with Gasteiger partial charge in [0, 0.05) is 33.7 Å². The van der Waals surface area contributed by atoms with Gasteiger partial charge in [-0.25, -0.2) is 9.59 Å². The summed E-state index contributed by atoms with van der Waals surface area (Å²) in [4.78, 5) is 34.9. The van der Waals surface area contributed by atoms with Gasteiger partial charge in [0.2, 0.25) is 12.4 Å². The molecule has 0 radical (unpaired) electrons. The van der Waals surface area contributed by atoms with Gasteiger partial charge in [0.25, 0.3) is 11.0 Å². The van der Waals surface area contributed by atoms with Crippen LogP contribution in [0.5, 0.6) is 0 Å². The van der Waals surface area contributed by atoms with Crippen LogP contribution in [0.4, 0.5) is 0 Å². The van der Waals surface area contributed by atoms with Crippen LogP contribution in [0.2, 0.25) is 0 Å². The van der Waals surface area contributed by atoms with E-state index in [-0.39, 0.29) is 0 Å².